The number of amides is 2. The van der Waals surface area contributed by atoms with Crippen LogP contribution in [0, 0.1) is 0 Å². The number of halogens is 1. The quantitative estimate of drug-likeness (QED) is 0.767. The smallest absolute Gasteiger partial charge is 0.410 e. The van der Waals surface area contributed by atoms with Crippen molar-refractivity contribution in [3.8, 4) is 0 Å². The number of likely N-dealkylation sites (tertiary alicyclic amines) is 1. The zero-order valence-corrected chi connectivity index (χ0v) is 14.5. The third-order valence-corrected chi connectivity index (χ3v) is 4.35. The van der Waals surface area contributed by atoms with Crippen LogP contribution in [0.2, 0.25) is 0 Å². The summed E-state index contributed by atoms with van der Waals surface area (Å²) < 4.78 is 6.31. The second kappa shape index (κ2) is 5.26. The van der Waals surface area contributed by atoms with Gasteiger partial charge in [0.15, 0.2) is 0 Å². The molecular weight excluding hydrogens is 348 g/mol. The lowest BCUT2D eigenvalue weighted by Gasteiger charge is -2.43. The molecule has 0 aliphatic carbocycles. The maximum Gasteiger partial charge on any atom is 0.410 e. The zero-order chi connectivity index (χ0) is 16.1. The van der Waals surface area contributed by atoms with Crippen LogP contribution in [0.5, 0.6) is 0 Å². The fraction of sp³-hybridized carbons (Fsp3) is 0.500. The molecule has 5 nitrogen and oxygen atoms in total. The highest BCUT2D eigenvalue weighted by atomic mass is 79.9. The number of benzene rings is 1. The number of rotatable bonds is 1. The summed E-state index contributed by atoms with van der Waals surface area (Å²) in [5, 5.41) is 0. The monoisotopic (exact) mass is 366 g/mol. The van der Waals surface area contributed by atoms with Gasteiger partial charge in [-0.3, -0.25) is 4.79 Å². The predicted octanol–water partition coefficient (Wildman–Crippen LogP) is 3.02. The molecular formula is C16H19BrN2O3. The molecule has 6 heteroatoms. The minimum atomic E-state index is -0.492. The van der Waals surface area contributed by atoms with Gasteiger partial charge in [0.1, 0.15) is 5.60 Å². The maximum absolute atomic E-state index is 12.4. The second-order valence-corrected chi connectivity index (χ2v) is 7.69. The highest BCUT2D eigenvalue weighted by Gasteiger charge is 2.41. The molecule has 118 valence electrons. The van der Waals surface area contributed by atoms with E-state index in [0.717, 1.165) is 15.6 Å². The minimum Gasteiger partial charge on any atom is -0.444 e. The molecule has 2 heterocycles. The van der Waals surface area contributed by atoms with E-state index in [1.807, 2.05) is 43.9 Å². The topological polar surface area (TPSA) is 49.9 Å². The van der Waals surface area contributed by atoms with Crippen LogP contribution in [-0.2, 0) is 11.3 Å². The molecule has 1 aromatic carbocycles. The van der Waals surface area contributed by atoms with Gasteiger partial charge in [0.05, 0.1) is 6.04 Å². The molecule has 2 amide bonds. The number of hydrogen-bond donors (Lipinski definition) is 0. The van der Waals surface area contributed by atoms with E-state index >= 15 is 0 Å². The predicted molar refractivity (Wildman–Crippen MR) is 85.6 cm³/mol. The van der Waals surface area contributed by atoms with Gasteiger partial charge in [-0.05, 0) is 44.5 Å². The Kier molecular flexibility index (Phi) is 3.67. The van der Waals surface area contributed by atoms with Crippen LogP contribution in [0.1, 0.15) is 36.7 Å². The molecule has 1 saturated heterocycles. The largest absolute Gasteiger partial charge is 0.444 e. The number of fused-ring (bicyclic) bond motifs is 1. The van der Waals surface area contributed by atoms with Crippen LogP contribution in [-0.4, -0.2) is 46.5 Å². The van der Waals surface area contributed by atoms with Crippen molar-refractivity contribution in [2.24, 2.45) is 0 Å². The molecule has 1 fully saturated rings. The molecule has 0 N–H and O–H groups in total. The van der Waals surface area contributed by atoms with E-state index < -0.39 is 5.60 Å². The Bertz CT molecular complexity index is 633. The lowest BCUT2D eigenvalue weighted by Crippen LogP contribution is -2.61. The molecule has 0 unspecified atom stereocenters. The average molecular weight is 367 g/mol. The van der Waals surface area contributed by atoms with Crippen molar-refractivity contribution in [3.63, 3.8) is 0 Å². The van der Waals surface area contributed by atoms with Crippen molar-refractivity contribution in [3.05, 3.63) is 33.8 Å². The highest BCUT2D eigenvalue weighted by Crippen LogP contribution is 2.30. The van der Waals surface area contributed by atoms with E-state index in [2.05, 4.69) is 15.9 Å². The van der Waals surface area contributed by atoms with Crippen molar-refractivity contribution >= 4 is 27.9 Å². The van der Waals surface area contributed by atoms with Crippen molar-refractivity contribution in [1.82, 2.24) is 9.80 Å². The number of carbonyl (C=O) groups is 2. The van der Waals surface area contributed by atoms with E-state index in [-0.39, 0.29) is 18.0 Å². The van der Waals surface area contributed by atoms with E-state index in [9.17, 15) is 9.59 Å². The Morgan fingerprint density at radius 3 is 2.64 bits per heavy atom. The summed E-state index contributed by atoms with van der Waals surface area (Å²) in [6, 6.07) is 5.80. The lowest BCUT2D eigenvalue weighted by atomic mass is 10.1. The van der Waals surface area contributed by atoms with Gasteiger partial charge in [-0.15, -0.1) is 0 Å². The van der Waals surface area contributed by atoms with Crippen molar-refractivity contribution in [1.29, 1.82) is 0 Å². The third-order valence-electron chi connectivity index (χ3n) is 3.85. The van der Waals surface area contributed by atoms with E-state index in [0.29, 0.717) is 19.6 Å². The SMILES string of the molecule is CC(C)(C)OC(=O)N1CC(N2Cc3cc(Br)ccc3C2=O)C1. The lowest BCUT2D eigenvalue weighted by molar-refractivity contribution is -0.0125. The van der Waals surface area contributed by atoms with Gasteiger partial charge < -0.3 is 14.5 Å². The van der Waals surface area contributed by atoms with Crippen molar-refractivity contribution in [2.45, 2.75) is 39.0 Å². The van der Waals surface area contributed by atoms with Gasteiger partial charge in [0.2, 0.25) is 0 Å². The summed E-state index contributed by atoms with van der Waals surface area (Å²) in [6.45, 7) is 7.23. The summed E-state index contributed by atoms with van der Waals surface area (Å²) in [5.41, 5.74) is 1.31. The molecule has 0 spiro atoms. The zero-order valence-electron chi connectivity index (χ0n) is 12.9. The van der Waals surface area contributed by atoms with Crippen molar-refractivity contribution in [2.75, 3.05) is 13.1 Å². The molecule has 0 saturated carbocycles. The van der Waals surface area contributed by atoms with Crippen LogP contribution in [0.25, 0.3) is 0 Å². The average Bonchev–Trinajstić information content (AvgIpc) is 2.62. The van der Waals surface area contributed by atoms with Gasteiger partial charge >= 0.3 is 6.09 Å². The fourth-order valence-corrected chi connectivity index (χ4v) is 3.14. The molecule has 0 bridgehead atoms. The molecule has 3 rings (SSSR count). The first-order chi connectivity index (χ1) is 10.2. The summed E-state index contributed by atoms with van der Waals surface area (Å²) in [5.74, 6) is 0.0522. The molecule has 2 aliphatic rings. The Balaban J connectivity index is 1.61. The Morgan fingerprint density at radius 2 is 2.00 bits per heavy atom. The van der Waals surface area contributed by atoms with Gasteiger partial charge in [0.25, 0.3) is 5.91 Å². The summed E-state index contributed by atoms with van der Waals surface area (Å²) in [6.07, 6.45) is -0.310. The van der Waals surface area contributed by atoms with E-state index in [1.54, 1.807) is 4.90 Å². The third kappa shape index (κ3) is 2.84. The Hall–Kier alpha value is -1.56. The fourth-order valence-electron chi connectivity index (χ4n) is 2.73. The summed E-state index contributed by atoms with van der Waals surface area (Å²) >= 11 is 3.43. The van der Waals surface area contributed by atoms with Crippen LogP contribution < -0.4 is 0 Å². The first kappa shape index (κ1) is 15.3. The molecule has 0 aromatic heterocycles. The van der Waals surface area contributed by atoms with E-state index in [4.69, 9.17) is 4.74 Å². The Labute approximate surface area is 138 Å². The van der Waals surface area contributed by atoms with Crippen molar-refractivity contribution < 1.29 is 14.3 Å². The number of carbonyl (C=O) groups excluding carboxylic acids is 2. The number of hydrogen-bond acceptors (Lipinski definition) is 3. The molecule has 22 heavy (non-hydrogen) atoms. The van der Waals surface area contributed by atoms with Gasteiger partial charge in [-0.1, -0.05) is 15.9 Å². The molecule has 0 radical (unpaired) electrons. The van der Waals surface area contributed by atoms with Gasteiger partial charge in [-0.25, -0.2) is 4.79 Å². The standard InChI is InChI=1S/C16H19BrN2O3/c1-16(2,3)22-15(21)18-8-12(9-18)19-7-10-6-11(17)4-5-13(10)14(19)20/h4-6,12H,7-9H2,1-3H3. The summed E-state index contributed by atoms with van der Waals surface area (Å²) in [4.78, 5) is 27.8. The molecule has 1 aromatic rings. The van der Waals surface area contributed by atoms with E-state index in [1.165, 1.54) is 0 Å². The summed E-state index contributed by atoms with van der Waals surface area (Å²) in [7, 11) is 0. The first-order valence-corrected chi connectivity index (χ1v) is 8.11. The minimum absolute atomic E-state index is 0.0522. The molecule has 0 atom stereocenters. The van der Waals surface area contributed by atoms with Gasteiger partial charge in [-0.2, -0.15) is 0 Å². The van der Waals surface area contributed by atoms with Gasteiger partial charge in [0, 0.05) is 29.7 Å². The number of nitrogens with zero attached hydrogens (tertiary/aromatic N) is 2. The second-order valence-electron chi connectivity index (χ2n) is 6.77. The number of ether oxygens (including phenoxy) is 1. The first-order valence-electron chi connectivity index (χ1n) is 7.32. The van der Waals surface area contributed by atoms with Crippen LogP contribution >= 0.6 is 15.9 Å². The molecule has 2 aliphatic heterocycles. The normalized spacial score (nSPS) is 18.3. The van der Waals surface area contributed by atoms with Crippen LogP contribution in [0.3, 0.4) is 0 Å². The highest BCUT2D eigenvalue weighted by molar-refractivity contribution is 9.10. The van der Waals surface area contributed by atoms with Crippen LogP contribution in [0.15, 0.2) is 22.7 Å². The Morgan fingerprint density at radius 1 is 1.32 bits per heavy atom. The van der Waals surface area contributed by atoms with Crippen LogP contribution in [0.4, 0.5) is 4.79 Å². The maximum atomic E-state index is 12.4.